The van der Waals surface area contributed by atoms with Gasteiger partial charge in [0, 0.05) is 31.7 Å². The minimum atomic E-state index is -0.360. The van der Waals surface area contributed by atoms with Gasteiger partial charge in [-0.05, 0) is 51.7 Å². The smallest absolute Gasteiger partial charge is 0.310 e. The molecule has 1 aromatic rings. The van der Waals surface area contributed by atoms with Crippen LogP contribution in [-0.2, 0) is 20.9 Å². The molecule has 1 aromatic heterocycles. The lowest BCUT2D eigenvalue weighted by molar-refractivity contribution is -0.148. The number of carbonyl (C=O) groups is 2. The maximum absolute atomic E-state index is 13.5. The number of nitriles is 1. The minimum absolute atomic E-state index is 0.0663. The van der Waals surface area contributed by atoms with E-state index in [1.54, 1.807) is 29.4 Å². The number of thioether (sulfide) groups is 1. The molecule has 2 saturated heterocycles. The molecule has 0 bridgehead atoms. The third kappa shape index (κ3) is 8.95. The molecule has 3 rings (SSSR count). The zero-order chi connectivity index (χ0) is 31.4. The van der Waals surface area contributed by atoms with Crippen molar-refractivity contribution in [2.75, 3.05) is 31.1 Å². The predicted octanol–water partition coefficient (Wildman–Crippen LogP) is 6.95. The molecule has 43 heavy (non-hydrogen) atoms. The van der Waals surface area contributed by atoms with Gasteiger partial charge in [-0.3, -0.25) is 23.9 Å². The Bertz CT molecular complexity index is 1280. The van der Waals surface area contributed by atoms with E-state index in [2.05, 4.69) is 13.0 Å². The Morgan fingerprint density at radius 1 is 1.07 bits per heavy atom. The number of esters is 1. The molecule has 0 N–H and O–H groups in total. The number of nitrogens with zero attached hydrogens (tertiary/aromatic N) is 4. The number of rotatable bonds is 16. The molecule has 0 radical (unpaired) electrons. The van der Waals surface area contributed by atoms with Gasteiger partial charge in [-0.25, -0.2) is 0 Å². The van der Waals surface area contributed by atoms with Crippen molar-refractivity contribution >= 4 is 52.1 Å². The Hall–Kier alpha value is -2.64. The van der Waals surface area contributed by atoms with Crippen molar-refractivity contribution in [2.24, 2.45) is 5.92 Å². The summed E-state index contributed by atoms with van der Waals surface area (Å²) in [4.78, 5) is 43.7. The summed E-state index contributed by atoms with van der Waals surface area (Å²) in [6, 6.07) is 2.08. The van der Waals surface area contributed by atoms with Crippen LogP contribution < -0.4 is 10.5 Å². The van der Waals surface area contributed by atoms with Crippen molar-refractivity contribution < 1.29 is 14.3 Å². The molecular weight excluding hydrogens is 581 g/mol. The van der Waals surface area contributed by atoms with Crippen LogP contribution in [0.1, 0.15) is 115 Å². The van der Waals surface area contributed by atoms with Crippen LogP contribution in [0, 0.1) is 24.2 Å². The molecule has 3 heterocycles. The summed E-state index contributed by atoms with van der Waals surface area (Å²) in [5, 5.41) is 9.88. The number of piperidine rings is 1. The average molecular weight is 629 g/mol. The van der Waals surface area contributed by atoms with Gasteiger partial charge in [-0.15, -0.1) is 0 Å². The molecule has 236 valence electrons. The molecule has 0 spiro atoms. The Morgan fingerprint density at radius 3 is 2.33 bits per heavy atom. The summed E-state index contributed by atoms with van der Waals surface area (Å²) >= 11 is 6.89. The quantitative estimate of drug-likeness (QED) is 0.0840. The molecule has 0 aliphatic carbocycles. The summed E-state index contributed by atoms with van der Waals surface area (Å²) in [7, 11) is 0. The van der Waals surface area contributed by atoms with Gasteiger partial charge in [0.15, 0.2) is 0 Å². The number of pyridine rings is 1. The highest BCUT2D eigenvalue weighted by Crippen LogP contribution is 2.37. The fourth-order valence-corrected chi connectivity index (χ4v) is 7.27. The second-order valence-corrected chi connectivity index (χ2v) is 13.1. The van der Waals surface area contributed by atoms with Crippen molar-refractivity contribution in [1.29, 1.82) is 5.26 Å². The molecule has 0 saturated carbocycles. The van der Waals surface area contributed by atoms with Gasteiger partial charge >= 0.3 is 5.97 Å². The third-order valence-electron chi connectivity index (χ3n) is 8.39. The molecule has 10 heteroatoms. The summed E-state index contributed by atoms with van der Waals surface area (Å²) < 4.78 is 7.43. The van der Waals surface area contributed by atoms with E-state index in [1.807, 2.05) is 11.8 Å². The van der Waals surface area contributed by atoms with Gasteiger partial charge in [0.05, 0.1) is 17.4 Å². The zero-order valence-electron chi connectivity index (χ0n) is 26.4. The van der Waals surface area contributed by atoms with Gasteiger partial charge < -0.3 is 9.64 Å². The van der Waals surface area contributed by atoms with Crippen LogP contribution in [0.5, 0.6) is 0 Å². The van der Waals surface area contributed by atoms with Crippen LogP contribution in [0.3, 0.4) is 0 Å². The Kier molecular flexibility index (Phi) is 14.3. The predicted molar refractivity (Wildman–Crippen MR) is 179 cm³/mol. The van der Waals surface area contributed by atoms with E-state index in [-0.39, 0.29) is 28.9 Å². The largest absolute Gasteiger partial charge is 0.466 e. The topological polar surface area (TPSA) is 95.6 Å². The van der Waals surface area contributed by atoms with Gasteiger partial charge in [-0.2, -0.15) is 5.26 Å². The lowest BCUT2D eigenvalue weighted by atomic mass is 9.96. The number of hydrogen-bond acceptors (Lipinski definition) is 8. The van der Waals surface area contributed by atoms with Crippen LogP contribution >= 0.6 is 24.0 Å². The number of anilines is 1. The van der Waals surface area contributed by atoms with Gasteiger partial charge in [0.25, 0.3) is 11.5 Å². The number of carbonyl (C=O) groups excluding carboxylic acids is 2. The molecule has 8 nitrogen and oxygen atoms in total. The number of thiocarbonyl (C=S) groups is 1. The summed E-state index contributed by atoms with van der Waals surface area (Å²) in [5.41, 5.74) is 0.894. The lowest BCUT2D eigenvalue weighted by Crippen LogP contribution is -2.43. The van der Waals surface area contributed by atoms with E-state index in [4.69, 9.17) is 17.0 Å². The Morgan fingerprint density at radius 2 is 1.72 bits per heavy atom. The molecule has 2 fully saturated rings. The van der Waals surface area contributed by atoms with Crippen molar-refractivity contribution in [3.63, 3.8) is 0 Å². The van der Waals surface area contributed by atoms with E-state index in [0.29, 0.717) is 65.4 Å². The number of ether oxygens (including phenoxy) is 1. The highest BCUT2D eigenvalue weighted by molar-refractivity contribution is 8.26. The molecule has 2 aliphatic rings. The van der Waals surface area contributed by atoms with E-state index in [9.17, 15) is 19.6 Å². The van der Waals surface area contributed by atoms with Crippen LogP contribution in [-0.4, -0.2) is 51.9 Å². The first kappa shape index (κ1) is 34.8. The highest BCUT2D eigenvalue weighted by atomic mass is 32.2. The lowest BCUT2D eigenvalue weighted by Gasteiger charge is -2.36. The maximum atomic E-state index is 13.5. The highest BCUT2D eigenvalue weighted by Gasteiger charge is 2.34. The normalized spacial score (nSPS) is 18.0. The van der Waals surface area contributed by atoms with E-state index >= 15 is 0 Å². The molecular formula is C33H48N4O4S2. The Labute approximate surface area is 266 Å². The number of hydrogen-bond donors (Lipinski definition) is 0. The summed E-state index contributed by atoms with van der Waals surface area (Å²) in [5.74, 6) is -0.0421. The van der Waals surface area contributed by atoms with Crippen molar-refractivity contribution in [3.05, 3.63) is 31.9 Å². The first-order valence-electron chi connectivity index (χ1n) is 16.1. The second-order valence-electron chi connectivity index (χ2n) is 11.5. The molecule has 1 amide bonds. The second kappa shape index (κ2) is 17.6. The number of amides is 1. The van der Waals surface area contributed by atoms with Gasteiger partial charge in [0.2, 0.25) is 0 Å². The minimum Gasteiger partial charge on any atom is -0.466 e. The molecule has 1 atom stereocenters. The number of aromatic nitrogens is 1. The first-order chi connectivity index (χ1) is 20.8. The Balaban J connectivity index is 1.79. The molecule has 0 aromatic carbocycles. The van der Waals surface area contributed by atoms with Crippen LogP contribution in [0.15, 0.2) is 9.70 Å². The monoisotopic (exact) mass is 628 g/mol. The fourth-order valence-electron chi connectivity index (χ4n) is 5.98. The van der Waals surface area contributed by atoms with E-state index in [0.717, 1.165) is 19.3 Å². The van der Waals surface area contributed by atoms with Gasteiger partial charge in [-0.1, -0.05) is 88.7 Å². The van der Waals surface area contributed by atoms with Crippen LogP contribution in [0.4, 0.5) is 5.82 Å². The summed E-state index contributed by atoms with van der Waals surface area (Å²) in [6.45, 7) is 9.98. The zero-order valence-corrected chi connectivity index (χ0v) is 28.0. The number of unbranched alkanes of at least 4 members (excludes halogenated alkanes) is 9. The van der Waals surface area contributed by atoms with Gasteiger partial charge in [0.1, 0.15) is 21.8 Å². The average Bonchev–Trinajstić information content (AvgIpc) is 3.27. The van der Waals surface area contributed by atoms with Crippen molar-refractivity contribution in [3.8, 4) is 6.07 Å². The van der Waals surface area contributed by atoms with Crippen molar-refractivity contribution in [1.82, 2.24) is 9.47 Å². The SMILES string of the molecule is CCCCCCCCCCCCN1C(=O)C(=Cc2c(C)c(C#N)c(=O)n(CC)c2N2CCCC(C(=O)OCC)C2)SC1=S. The maximum Gasteiger partial charge on any atom is 0.310 e. The van der Waals surface area contributed by atoms with Crippen molar-refractivity contribution in [2.45, 2.75) is 111 Å². The molecule has 2 aliphatic heterocycles. The van der Waals surface area contributed by atoms with E-state index < -0.39 is 0 Å². The van der Waals surface area contributed by atoms with Crippen LogP contribution in [0.2, 0.25) is 0 Å². The molecule has 1 unspecified atom stereocenters. The summed E-state index contributed by atoms with van der Waals surface area (Å²) in [6.07, 6.45) is 15.5. The fraction of sp³-hybridized carbons (Fsp3) is 0.667. The van der Waals surface area contributed by atoms with E-state index in [1.165, 1.54) is 63.1 Å². The third-order valence-corrected chi connectivity index (χ3v) is 9.77. The first-order valence-corrected chi connectivity index (χ1v) is 17.4. The van der Waals surface area contributed by atoms with Crippen LogP contribution in [0.25, 0.3) is 6.08 Å². The standard InChI is InChI=1S/C33H48N4O4S2/c1-5-8-9-10-11-12-13-14-15-16-20-37-31(39)28(43-33(37)42)21-26-24(4)27(22-34)30(38)36(6-2)29(26)35-19-17-18-25(23-35)32(40)41-7-3/h21,25H,5-20,23H2,1-4H3.